The molecule has 1 aliphatic heterocycles. The van der Waals surface area contributed by atoms with Crippen LogP contribution in [0.25, 0.3) is 10.9 Å². The van der Waals surface area contributed by atoms with Crippen LogP contribution in [0.3, 0.4) is 0 Å². The first-order valence-corrected chi connectivity index (χ1v) is 8.00. The minimum absolute atomic E-state index is 0.0563. The van der Waals surface area contributed by atoms with Crippen LogP contribution in [-0.4, -0.2) is 28.4 Å². The van der Waals surface area contributed by atoms with Crippen molar-refractivity contribution in [2.75, 3.05) is 6.54 Å². The predicted molar refractivity (Wildman–Crippen MR) is 88.0 cm³/mol. The number of hydrogen-bond acceptors (Lipinski definition) is 2. The van der Waals surface area contributed by atoms with E-state index in [0.717, 1.165) is 42.3 Å². The van der Waals surface area contributed by atoms with Crippen LogP contribution in [0.4, 0.5) is 0 Å². The normalized spacial score (nSPS) is 18.1. The molecule has 1 amide bonds. The van der Waals surface area contributed by atoms with E-state index in [1.807, 2.05) is 29.2 Å². The first-order valence-electron chi connectivity index (χ1n) is 8.00. The van der Waals surface area contributed by atoms with Gasteiger partial charge in [-0.2, -0.15) is 0 Å². The number of aromatic nitrogens is 1. The quantitative estimate of drug-likeness (QED) is 0.947. The van der Waals surface area contributed by atoms with Crippen LogP contribution in [0.1, 0.15) is 37.3 Å². The Kier molecular flexibility index (Phi) is 4.01. The van der Waals surface area contributed by atoms with Crippen molar-refractivity contribution in [3.63, 3.8) is 0 Å². The Morgan fingerprint density at radius 1 is 1.36 bits per heavy atom. The van der Waals surface area contributed by atoms with Crippen LogP contribution in [0.2, 0.25) is 0 Å². The molecular formula is C18H22N2O2. The number of hydrogen-bond donors (Lipinski definition) is 1. The van der Waals surface area contributed by atoms with Gasteiger partial charge in [-0.1, -0.05) is 13.0 Å². The Hall–Kier alpha value is -2.10. The largest absolute Gasteiger partial charge is 0.339 e. The van der Waals surface area contributed by atoms with Crippen LogP contribution in [0.15, 0.2) is 29.1 Å². The second-order valence-electron chi connectivity index (χ2n) is 6.17. The van der Waals surface area contributed by atoms with Crippen molar-refractivity contribution in [1.29, 1.82) is 0 Å². The van der Waals surface area contributed by atoms with E-state index in [4.69, 9.17) is 0 Å². The fourth-order valence-electron chi connectivity index (χ4n) is 3.34. The summed E-state index contributed by atoms with van der Waals surface area (Å²) in [6.07, 6.45) is 3.71. The summed E-state index contributed by atoms with van der Waals surface area (Å²) < 4.78 is 0. The number of H-pyrrole nitrogens is 1. The second kappa shape index (κ2) is 5.95. The van der Waals surface area contributed by atoms with Gasteiger partial charge in [0.15, 0.2) is 0 Å². The molecule has 0 spiro atoms. The molecule has 0 aliphatic carbocycles. The first-order chi connectivity index (χ1) is 10.6. The Labute approximate surface area is 130 Å². The molecule has 22 heavy (non-hydrogen) atoms. The molecule has 1 aromatic heterocycles. The molecular weight excluding hydrogens is 276 g/mol. The van der Waals surface area contributed by atoms with Crippen LogP contribution in [0, 0.1) is 6.92 Å². The second-order valence-corrected chi connectivity index (χ2v) is 6.17. The Balaban J connectivity index is 1.83. The molecule has 1 saturated heterocycles. The number of pyridine rings is 1. The molecule has 1 atom stereocenters. The maximum Gasteiger partial charge on any atom is 0.251 e. The van der Waals surface area contributed by atoms with E-state index in [0.29, 0.717) is 18.0 Å². The van der Waals surface area contributed by atoms with Crippen LogP contribution < -0.4 is 5.56 Å². The van der Waals surface area contributed by atoms with Crippen molar-refractivity contribution in [2.45, 2.75) is 45.6 Å². The van der Waals surface area contributed by atoms with Crippen molar-refractivity contribution in [2.24, 2.45) is 0 Å². The number of amides is 1. The number of carbonyl (C=O) groups excluding carboxylic acids is 1. The highest BCUT2D eigenvalue weighted by Gasteiger charge is 2.26. The molecule has 1 aromatic carbocycles. The van der Waals surface area contributed by atoms with Crippen LogP contribution in [0.5, 0.6) is 0 Å². The maximum atomic E-state index is 12.5. The zero-order valence-electron chi connectivity index (χ0n) is 13.2. The smallest absolute Gasteiger partial charge is 0.251 e. The maximum absolute atomic E-state index is 12.5. The zero-order valence-corrected chi connectivity index (χ0v) is 13.2. The molecule has 1 N–H and O–H groups in total. The Bertz CT molecular complexity index is 763. The van der Waals surface area contributed by atoms with Crippen molar-refractivity contribution in [3.8, 4) is 0 Å². The summed E-state index contributed by atoms with van der Waals surface area (Å²) >= 11 is 0. The van der Waals surface area contributed by atoms with Crippen LogP contribution in [-0.2, 0) is 11.2 Å². The summed E-state index contributed by atoms with van der Waals surface area (Å²) in [5, 5.41) is 0.982. The van der Waals surface area contributed by atoms with Gasteiger partial charge in [-0.3, -0.25) is 9.59 Å². The van der Waals surface area contributed by atoms with Crippen molar-refractivity contribution >= 4 is 16.8 Å². The third kappa shape index (κ3) is 2.78. The van der Waals surface area contributed by atoms with E-state index >= 15 is 0 Å². The highest BCUT2D eigenvalue weighted by atomic mass is 16.2. The van der Waals surface area contributed by atoms with Crippen molar-refractivity contribution in [3.05, 3.63) is 45.7 Å². The number of nitrogens with one attached hydrogen (secondary N) is 1. The molecule has 3 rings (SSSR count). The van der Waals surface area contributed by atoms with Gasteiger partial charge in [0.25, 0.3) is 5.56 Å². The Morgan fingerprint density at radius 2 is 2.18 bits per heavy atom. The van der Waals surface area contributed by atoms with Gasteiger partial charge in [0.2, 0.25) is 5.91 Å². The van der Waals surface area contributed by atoms with Crippen molar-refractivity contribution in [1.82, 2.24) is 9.88 Å². The summed E-state index contributed by atoms with van der Waals surface area (Å²) in [6, 6.07) is 8.12. The van der Waals surface area contributed by atoms with Crippen LogP contribution >= 0.6 is 0 Å². The van der Waals surface area contributed by atoms with Gasteiger partial charge < -0.3 is 9.88 Å². The summed E-state index contributed by atoms with van der Waals surface area (Å²) in [5.74, 6) is 0.213. The predicted octanol–water partition coefficient (Wildman–Crippen LogP) is 2.78. The average molecular weight is 298 g/mol. The highest BCUT2D eigenvalue weighted by molar-refractivity contribution is 5.83. The van der Waals surface area contributed by atoms with E-state index in [9.17, 15) is 9.59 Å². The molecule has 0 bridgehead atoms. The van der Waals surface area contributed by atoms with Crippen molar-refractivity contribution < 1.29 is 4.79 Å². The number of carbonyl (C=O) groups is 1. The lowest BCUT2D eigenvalue weighted by molar-refractivity contribution is -0.131. The SMILES string of the molecule is CCC1CCCN1C(=O)Cc1ccc2[nH]c(=O)c(C)cc2c1. The van der Waals surface area contributed by atoms with E-state index in [2.05, 4.69) is 11.9 Å². The topological polar surface area (TPSA) is 53.2 Å². The number of aromatic amines is 1. The molecule has 1 unspecified atom stereocenters. The lowest BCUT2D eigenvalue weighted by atomic mass is 10.1. The lowest BCUT2D eigenvalue weighted by Gasteiger charge is -2.23. The minimum atomic E-state index is -0.0563. The van der Waals surface area contributed by atoms with E-state index in [1.165, 1.54) is 0 Å². The van der Waals surface area contributed by atoms with E-state index in [-0.39, 0.29) is 11.5 Å². The molecule has 116 valence electrons. The molecule has 4 nitrogen and oxygen atoms in total. The molecule has 1 fully saturated rings. The Morgan fingerprint density at radius 3 is 2.95 bits per heavy atom. The summed E-state index contributed by atoms with van der Waals surface area (Å²) in [5.41, 5.74) is 2.46. The summed E-state index contributed by atoms with van der Waals surface area (Å²) in [6.45, 7) is 4.83. The number of likely N-dealkylation sites (tertiary alicyclic amines) is 1. The minimum Gasteiger partial charge on any atom is -0.339 e. The standard InChI is InChI=1S/C18H22N2O2/c1-3-15-5-4-8-20(15)17(21)11-13-6-7-16-14(10-13)9-12(2)18(22)19-16/h6-7,9-10,15H,3-5,8,11H2,1-2H3,(H,19,22). The first kappa shape index (κ1) is 14.8. The third-order valence-corrected chi connectivity index (χ3v) is 4.62. The van der Waals surface area contributed by atoms with E-state index < -0.39 is 0 Å². The molecule has 1 aliphatic rings. The van der Waals surface area contributed by atoms with Gasteiger partial charge in [-0.25, -0.2) is 0 Å². The number of aryl methyl sites for hydroxylation is 1. The molecule has 4 heteroatoms. The zero-order chi connectivity index (χ0) is 15.7. The number of rotatable bonds is 3. The van der Waals surface area contributed by atoms with Gasteiger partial charge in [-0.15, -0.1) is 0 Å². The van der Waals surface area contributed by atoms with E-state index in [1.54, 1.807) is 6.92 Å². The summed E-state index contributed by atoms with van der Waals surface area (Å²) in [4.78, 5) is 29.0. The lowest BCUT2D eigenvalue weighted by Crippen LogP contribution is -2.36. The number of fused-ring (bicyclic) bond motifs is 1. The third-order valence-electron chi connectivity index (χ3n) is 4.62. The van der Waals surface area contributed by atoms with Gasteiger partial charge in [0.05, 0.1) is 6.42 Å². The fraction of sp³-hybridized carbons (Fsp3) is 0.444. The van der Waals surface area contributed by atoms with Gasteiger partial charge in [-0.05, 0) is 55.3 Å². The number of nitrogens with zero attached hydrogens (tertiary/aromatic N) is 1. The molecule has 2 heterocycles. The van der Waals surface area contributed by atoms with Gasteiger partial charge >= 0.3 is 0 Å². The fourth-order valence-corrected chi connectivity index (χ4v) is 3.34. The average Bonchev–Trinajstić information content (AvgIpc) is 2.97. The van der Waals surface area contributed by atoms with Gasteiger partial charge in [0, 0.05) is 23.7 Å². The molecule has 2 aromatic rings. The molecule has 0 radical (unpaired) electrons. The molecule has 0 saturated carbocycles. The number of benzene rings is 1. The van der Waals surface area contributed by atoms with Gasteiger partial charge in [0.1, 0.15) is 0 Å². The summed E-state index contributed by atoms with van der Waals surface area (Å²) in [7, 11) is 0. The monoisotopic (exact) mass is 298 g/mol. The highest BCUT2D eigenvalue weighted by Crippen LogP contribution is 2.21.